The zero-order valence-corrected chi connectivity index (χ0v) is 81.5. The van der Waals surface area contributed by atoms with Crippen LogP contribution < -0.4 is 37.9 Å². The number of carbonyl (C=O) groups is 8. The minimum atomic E-state index is -1.68. The summed E-state index contributed by atoms with van der Waals surface area (Å²) in [6, 6.07) is 26.9. The maximum absolute atomic E-state index is 13.2. The van der Waals surface area contributed by atoms with Crippen molar-refractivity contribution in [1.82, 2.24) is 39.9 Å². The number of fused-ring (bicyclic) bond motifs is 8. The molecular formula is C112H120N8O24. The number of unbranched alkanes of at least 4 members (excludes halogenated alkanes) is 32. The molecule has 144 heavy (non-hydrogen) atoms. The molecule has 8 aromatic carbocycles. The van der Waals surface area contributed by atoms with Crippen molar-refractivity contribution in [2.75, 3.05) is 0 Å². The molecule has 0 saturated heterocycles. The van der Waals surface area contributed by atoms with Gasteiger partial charge in [-0.1, -0.05) is 259 Å². The molecule has 752 valence electrons. The number of hydrogen-bond acceptors (Lipinski definition) is 24. The Bertz CT molecular complexity index is 5820. The lowest BCUT2D eigenvalue weighted by atomic mass is 9.76. The van der Waals surface area contributed by atoms with E-state index in [1.165, 1.54) is 48.5 Å². The Labute approximate surface area is 831 Å². The van der Waals surface area contributed by atoms with Crippen LogP contribution in [0.3, 0.4) is 0 Å². The first-order valence-electron chi connectivity index (χ1n) is 51.3. The molecule has 5 aliphatic rings. The van der Waals surface area contributed by atoms with Crippen molar-refractivity contribution in [3.05, 3.63) is 187 Å². The van der Waals surface area contributed by atoms with Crippen LogP contribution in [0.15, 0.2) is 97.1 Å². The Morgan fingerprint density at radius 2 is 0.292 bits per heavy atom. The van der Waals surface area contributed by atoms with Gasteiger partial charge in [-0.3, -0.25) is 0 Å². The van der Waals surface area contributed by atoms with Crippen LogP contribution in [0, 0.1) is 0 Å². The summed E-state index contributed by atoms with van der Waals surface area (Å²) in [5.74, 6) is -15.7. The maximum Gasteiger partial charge on any atom is 0.357 e. The highest BCUT2D eigenvalue weighted by Crippen LogP contribution is 2.61. The van der Waals surface area contributed by atoms with Crippen molar-refractivity contribution in [2.45, 2.75) is 308 Å². The normalized spacial score (nSPS) is 14.9. The Hall–Kier alpha value is -14.7. The van der Waals surface area contributed by atoms with Gasteiger partial charge in [-0.05, 0) is 49.9 Å². The van der Waals surface area contributed by atoms with E-state index < -0.39 is 117 Å². The highest BCUT2D eigenvalue weighted by molar-refractivity contribution is 6.04. The Balaban J connectivity index is 1.03. The van der Waals surface area contributed by atoms with Crippen molar-refractivity contribution < 1.29 is 117 Å². The van der Waals surface area contributed by atoms with Gasteiger partial charge < -0.3 is 78.7 Å². The van der Waals surface area contributed by atoms with Crippen LogP contribution in [0.2, 0.25) is 0 Å². The molecule has 8 bridgehead atoms. The number of benzene rings is 8. The molecule has 0 radical (unpaired) electrons. The molecular weight excluding hydrogens is 1840 g/mol. The van der Waals surface area contributed by atoms with Gasteiger partial charge in [0.05, 0.1) is 44.1 Å². The van der Waals surface area contributed by atoms with E-state index in [0.29, 0.717) is 95.9 Å². The van der Waals surface area contributed by atoms with Crippen molar-refractivity contribution in [2.24, 2.45) is 0 Å². The van der Waals surface area contributed by atoms with E-state index in [2.05, 4.69) is 91.8 Å². The van der Waals surface area contributed by atoms with Gasteiger partial charge in [0.15, 0.2) is 91.5 Å². The molecule has 0 unspecified atom stereocenters. The van der Waals surface area contributed by atoms with Crippen molar-refractivity contribution in [3.63, 3.8) is 0 Å². The molecule has 0 saturated carbocycles. The van der Waals surface area contributed by atoms with E-state index in [1.807, 2.05) is 0 Å². The Morgan fingerprint density at radius 1 is 0.174 bits per heavy atom. The smallest absolute Gasteiger partial charge is 0.357 e. The van der Waals surface area contributed by atoms with Gasteiger partial charge in [-0.25, -0.2) is 78.2 Å². The number of nitrogens with zero attached hydrogens (tertiary/aromatic N) is 8. The van der Waals surface area contributed by atoms with E-state index in [4.69, 9.17) is 37.9 Å². The van der Waals surface area contributed by atoms with Gasteiger partial charge in [0.1, 0.15) is 46.0 Å². The van der Waals surface area contributed by atoms with Gasteiger partial charge in [0.2, 0.25) is 0 Å². The number of carboxylic acids is 8. The molecule has 0 spiro atoms. The van der Waals surface area contributed by atoms with Crippen LogP contribution >= 0.6 is 0 Å². The van der Waals surface area contributed by atoms with Crippen LogP contribution in [0.25, 0.3) is 44.1 Å². The number of hydrogen-bond donors (Lipinski definition) is 8. The van der Waals surface area contributed by atoms with Crippen LogP contribution in [-0.2, 0) is 0 Å². The largest absolute Gasteiger partial charge is 0.476 e. The minimum absolute atomic E-state index is 0.0745. The lowest BCUT2D eigenvalue weighted by Crippen LogP contribution is -2.13. The third-order valence-electron chi connectivity index (χ3n) is 28.3. The fourth-order valence-corrected chi connectivity index (χ4v) is 20.9. The molecule has 1 aliphatic carbocycles. The molecule has 4 aromatic heterocycles. The molecule has 8 heterocycles. The number of carboxylic acid groups (broad SMARTS) is 8. The number of rotatable bonds is 48. The molecule has 8 N–H and O–H groups in total. The van der Waals surface area contributed by atoms with Crippen LogP contribution in [-0.4, -0.2) is 128 Å². The number of aromatic nitrogens is 8. The molecule has 0 amide bonds. The average Bonchev–Trinajstić information content (AvgIpc) is 1.54. The summed E-state index contributed by atoms with van der Waals surface area (Å²) in [6.07, 6.45) is 36.3. The minimum Gasteiger partial charge on any atom is -0.476 e. The Morgan fingerprint density at radius 3 is 0.410 bits per heavy atom. The first-order valence-corrected chi connectivity index (χ1v) is 51.3. The predicted molar refractivity (Wildman–Crippen MR) is 535 cm³/mol. The van der Waals surface area contributed by atoms with Crippen LogP contribution in [0.4, 0.5) is 0 Å². The summed E-state index contributed by atoms with van der Waals surface area (Å²) in [5, 5.41) is 85.8. The molecule has 0 atom stereocenters. The molecule has 17 rings (SSSR count). The third kappa shape index (κ3) is 22.4. The lowest BCUT2D eigenvalue weighted by Gasteiger charge is -2.30. The van der Waals surface area contributed by atoms with Crippen LogP contribution in [0.1, 0.15) is 437 Å². The highest BCUT2D eigenvalue weighted by atomic mass is 16.6. The quantitative estimate of drug-likeness (QED) is 0.0164. The van der Waals surface area contributed by atoms with E-state index in [-0.39, 0.29) is 136 Å². The second-order valence-corrected chi connectivity index (χ2v) is 38.5. The third-order valence-corrected chi connectivity index (χ3v) is 28.3. The number of ether oxygens (including phenoxy) is 8. The van der Waals surface area contributed by atoms with E-state index in [9.17, 15) is 79.2 Å². The molecule has 12 aromatic rings. The topological polar surface area (TPSA) is 475 Å². The fourth-order valence-electron chi connectivity index (χ4n) is 20.9. The SMILES string of the molecule is CCCCCCCCCCCC1c2cc3c4cc2Oc2cc5nc(C(=O)O)c(C(=O)O)nc5cc2Oc2cc5c(cc21)C(CCCCCCCCCCC)c1cc2c(cc1Oc1cc6nc(C(=O)O)c(C(=O)O)nc6cc1O5)Oc1cc5nc(C(=O)O)c(C(=O)O)nc5cc1Oc1cc(c(cc1C2CCCCCCCCCCC)C3CCCCCCCCCCC)Oc1cc2nc(C(=O)O)c(C(=O)O)nc2cc1O4. The monoisotopic (exact) mass is 1960 g/mol. The molecule has 32 nitrogen and oxygen atoms in total. The molecule has 32 heteroatoms. The lowest BCUT2D eigenvalue weighted by molar-refractivity contribution is 0.0642. The van der Waals surface area contributed by atoms with Crippen molar-refractivity contribution in [1.29, 1.82) is 0 Å². The van der Waals surface area contributed by atoms with E-state index >= 15 is 0 Å². The van der Waals surface area contributed by atoms with Crippen molar-refractivity contribution >= 4 is 91.9 Å². The van der Waals surface area contributed by atoms with Crippen LogP contribution in [0.5, 0.6) is 92.0 Å². The predicted octanol–water partition coefficient (Wildman–Crippen LogP) is 29.2. The fraction of sp³-hybridized carbons (Fsp3) is 0.429. The van der Waals surface area contributed by atoms with Gasteiger partial charge in [-0.2, -0.15) is 0 Å². The first kappa shape index (κ1) is 101. The molecule has 0 fully saturated rings. The zero-order chi connectivity index (χ0) is 101. The summed E-state index contributed by atoms with van der Waals surface area (Å²) in [6.45, 7) is 8.76. The Kier molecular flexibility index (Phi) is 32.0. The standard InChI is InChI=1S/C112H120N8O24/c1-5-9-13-17-21-25-29-33-37-41-61-65-45-67-62(42-38-34-30-26-22-18-14-10-6-2)69-47-71-64(44-40-36-32-28-24-20-16-12-8-4)72-48-70-63(43-39-35-31-27-23-19-15-11-7-3)68-46-66(61)82-58-84(68)140-92-52-76-78(118-102(110(131)132)100(116-76)108(127)128)54-94(92)142-86(70)60-88(72)144-96-56-80-79(119-103(111(133)134)104(120-80)112(135)136)55-95(96)143-87(71)59-85(69)141-93-53-77-75(115-99(107(125)126)101(117-77)109(129)130)51-91(93)139-83(67)57-81(65)137-89-49-73-74(50-90(89)138-82)114-98(106(123)124)97(113-73)105(121)122/h45-64H,5-44H2,1-4H3,(H,121,122)(H,123,124)(H,125,126)(H,127,128)(H,129,130)(H,131,132)(H,133,134)(H,135,136). The van der Waals surface area contributed by atoms with Gasteiger partial charge in [0.25, 0.3) is 0 Å². The van der Waals surface area contributed by atoms with E-state index in [1.54, 1.807) is 24.3 Å². The molecule has 4 aliphatic heterocycles. The summed E-state index contributed by atoms with van der Waals surface area (Å²) in [5.41, 5.74) is -3.08. The second kappa shape index (κ2) is 45.7. The van der Waals surface area contributed by atoms with Gasteiger partial charge >= 0.3 is 47.8 Å². The number of aromatic carboxylic acids is 8. The van der Waals surface area contributed by atoms with Gasteiger partial charge in [0, 0.05) is 141 Å². The summed E-state index contributed by atoms with van der Waals surface area (Å²) < 4.78 is 60.8. The maximum atomic E-state index is 13.2. The first-order chi connectivity index (χ1) is 69.8. The summed E-state index contributed by atoms with van der Waals surface area (Å²) in [4.78, 5) is 142. The second-order valence-electron chi connectivity index (χ2n) is 38.5. The average molecular weight is 1960 g/mol. The van der Waals surface area contributed by atoms with E-state index in [0.717, 1.165) is 205 Å². The van der Waals surface area contributed by atoms with Crippen molar-refractivity contribution in [3.8, 4) is 92.0 Å². The summed E-state index contributed by atoms with van der Waals surface area (Å²) in [7, 11) is 0. The highest BCUT2D eigenvalue weighted by Gasteiger charge is 2.41. The summed E-state index contributed by atoms with van der Waals surface area (Å²) >= 11 is 0. The van der Waals surface area contributed by atoms with Gasteiger partial charge in [-0.15, -0.1) is 0 Å². The zero-order valence-electron chi connectivity index (χ0n) is 81.5.